The first-order valence-corrected chi connectivity index (χ1v) is 14.2. The van der Waals surface area contributed by atoms with Gasteiger partial charge in [-0.2, -0.15) is 13.5 Å². The van der Waals surface area contributed by atoms with Gasteiger partial charge in [0.15, 0.2) is 5.82 Å². The summed E-state index contributed by atoms with van der Waals surface area (Å²) in [5.74, 6) is 1.01. The average Bonchev–Trinajstić information content (AvgIpc) is 3.47. The fourth-order valence-electron chi connectivity index (χ4n) is 4.29. The third kappa shape index (κ3) is 5.63. The van der Waals surface area contributed by atoms with Gasteiger partial charge in [0.05, 0.1) is 30.5 Å². The van der Waals surface area contributed by atoms with E-state index in [1.54, 1.807) is 37.1 Å². The van der Waals surface area contributed by atoms with Gasteiger partial charge in [-0.05, 0) is 36.8 Å². The number of halogens is 1. The van der Waals surface area contributed by atoms with Crippen molar-refractivity contribution in [1.29, 1.82) is 0 Å². The Bertz CT molecular complexity index is 1690. The lowest BCUT2D eigenvalue weighted by Crippen LogP contribution is -2.26. The van der Waals surface area contributed by atoms with Crippen molar-refractivity contribution in [2.45, 2.75) is 19.5 Å². The van der Waals surface area contributed by atoms with E-state index in [1.165, 1.54) is 4.90 Å². The molecule has 1 aliphatic heterocycles. The molecule has 202 valence electrons. The number of benzene rings is 2. The van der Waals surface area contributed by atoms with E-state index in [0.29, 0.717) is 22.4 Å². The van der Waals surface area contributed by atoms with Crippen LogP contribution in [0.25, 0.3) is 16.8 Å². The number of aliphatic imine (C=N–C) groups is 1. The van der Waals surface area contributed by atoms with Crippen molar-refractivity contribution < 1.29 is 17.4 Å². The maximum Gasteiger partial charge on any atom is 0.264 e. The number of likely N-dealkylation sites (N-methyl/N-ethyl adjacent to an activating group) is 1. The Labute approximate surface area is 230 Å². The molecule has 1 amide bonds. The average molecular weight is 568 g/mol. The molecule has 0 spiro atoms. The molecule has 2 aromatic carbocycles. The molecule has 0 N–H and O–H groups in total. The summed E-state index contributed by atoms with van der Waals surface area (Å²) >= 11 is 6.17. The van der Waals surface area contributed by atoms with Crippen LogP contribution in [0.5, 0.6) is 0 Å². The van der Waals surface area contributed by atoms with E-state index in [2.05, 4.69) is 15.3 Å². The summed E-state index contributed by atoms with van der Waals surface area (Å²) in [5, 5.41) is 13.5. The molecule has 11 nitrogen and oxygen atoms in total. The van der Waals surface area contributed by atoms with Gasteiger partial charge in [0, 0.05) is 42.0 Å². The maximum absolute atomic E-state index is 12.2. The molecule has 0 saturated carbocycles. The zero-order valence-electron chi connectivity index (χ0n) is 21.7. The largest absolute Gasteiger partial charge is 0.347 e. The van der Waals surface area contributed by atoms with Crippen molar-refractivity contribution in [2.75, 3.05) is 27.0 Å². The molecule has 0 fully saturated rings. The molecule has 4 aromatic rings. The minimum absolute atomic E-state index is 0.0679. The summed E-state index contributed by atoms with van der Waals surface area (Å²) < 4.78 is 32.3. The van der Waals surface area contributed by atoms with Crippen LogP contribution in [0.3, 0.4) is 0 Å². The van der Waals surface area contributed by atoms with Crippen LogP contribution in [0.15, 0.2) is 59.9 Å². The first-order chi connectivity index (χ1) is 18.5. The number of carbonyl (C=O) groups is 1. The Balaban J connectivity index is 1.66. The van der Waals surface area contributed by atoms with Crippen LogP contribution in [0.2, 0.25) is 5.02 Å². The summed E-state index contributed by atoms with van der Waals surface area (Å²) in [6.07, 6.45) is 4.52. The summed E-state index contributed by atoms with van der Waals surface area (Å²) in [5.41, 5.74) is 4.63. The third-order valence-electron chi connectivity index (χ3n) is 6.25. The fourth-order valence-corrected chi connectivity index (χ4v) is 4.79. The van der Waals surface area contributed by atoms with Gasteiger partial charge in [0.25, 0.3) is 10.1 Å². The Morgan fingerprint density at radius 2 is 1.79 bits per heavy atom. The number of amides is 1. The second kappa shape index (κ2) is 10.4. The van der Waals surface area contributed by atoms with Crippen LogP contribution in [-0.2, 0) is 25.6 Å². The van der Waals surface area contributed by atoms with E-state index in [0.717, 1.165) is 34.2 Å². The van der Waals surface area contributed by atoms with Crippen LogP contribution in [-0.4, -0.2) is 76.4 Å². The van der Waals surface area contributed by atoms with Gasteiger partial charge in [0.1, 0.15) is 18.4 Å². The van der Waals surface area contributed by atoms with Crippen LogP contribution in [0.4, 0.5) is 0 Å². The summed E-state index contributed by atoms with van der Waals surface area (Å²) in [6, 6.07) is 12.4. The highest BCUT2D eigenvalue weighted by Crippen LogP contribution is 2.34. The highest BCUT2D eigenvalue weighted by molar-refractivity contribution is 7.85. The Morgan fingerprint density at radius 3 is 2.49 bits per heavy atom. The first kappa shape index (κ1) is 26.7. The molecule has 0 saturated heterocycles. The molecule has 0 radical (unpaired) electrons. The van der Waals surface area contributed by atoms with Crippen molar-refractivity contribution in [1.82, 2.24) is 29.4 Å². The smallest absolute Gasteiger partial charge is 0.264 e. The summed E-state index contributed by atoms with van der Waals surface area (Å²) in [7, 11) is -0.320. The van der Waals surface area contributed by atoms with E-state index in [-0.39, 0.29) is 19.1 Å². The van der Waals surface area contributed by atoms with Crippen molar-refractivity contribution >= 4 is 33.3 Å². The van der Waals surface area contributed by atoms with E-state index in [4.69, 9.17) is 20.8 Å². The lowest BCUT2D eigenvalue weighted by Gasteiger charge is -2.14. The van der Waals surface area contributed by atoms with Crippen molar-refractivity contribution in [3.8, 4) is 16.8 Å². The molecule has 0 aliphatic carbocycles. The first-order valence-electron chi connectivity index (χ1n) is 12.0. The zero-order valence-corrected chi connectivity index (χ0v) is 23.3. The maximum atomic E-state index is 12.2. The zero-order chi connectivity index (χ0) is 27.9. The Hall–Kier alpha value is -3.87. The van der Waals surface area contributed by atoms with Gasteiger partial charge >= 0.3 is 0 Å². The van der Waals surface area contributed by atoms with Gasteiger partial charge in [-0.3, -0.25) is 23.2 Å². The quantitative estimate of drug-likeness (QED) is 0.314. The molecule has 0 unspecified atom stereocenters. The summed E-state index contributed by atoms with van der Waals surface area (Å²) in [6.45, 7) is 1.71. The predicted octanol–water partition coefficient (Wildman–Crippen LogP) is 3.05. The summed E-state index contributed by atoms with van der Waals surface area (Å²) in [4.78, 5) is 18.6. The van der Waals surface area contributed by atoms with Gasteiger partial charge in [0.2, 0.25) is 5.91 Å². The fraction of sp³-hybridized carbons (Fsp3) is 0.269. The molecule has 1 aliphatic rings. The molecule has 5 rings (SSSR count). The normalized spacial score (nSPS) is 14.8. The SMILES string of the molecule is Cc1nnc2n1-c1ccc(-c3cnn(CC(=O)N(C)C)c3)cc1C(c1ccc(Cl)cc1)=N[C@H]2COS(C)(=O)=O. The Kier molecular flexibility index (Phi) is 7.10. The monoisotopic (exact) mass is 567 g/mol. The molecular weight excluding hydrogens is 542 g/mol. The van der Waals surface area contributed by atoms with Gasteiger partial charge in [-0.15, -0.1) is 10.2 Å². The number of fused-ring (bicyclic) bond motifs is 3. The van der Waals surface area contributed by atoms with E-state index in [9.17, 15) is 13.2 Å². The molecular formula is C26H26ClN7O4S. The van der Waals surface area contributed by atoms with Crippen molar-refractivity contribution in [3.05, 3.63) is 82.7 Å². The molecule has 2 aromatic heterocycles. The van der Waals surface area contributed by atoms with Crippen LogP contribution < -0.4 is 0 Å². The molecule has 1 atom stereocenters. The highest BCUT2D eigenvalue weighted by Gasteiger charge is 2.29. The predicted molar refractivity (Wildman–Crippen MR) is 147 cm³/mol. The van der Waals surface area contributed by atoms with E-state index >= 15 is 0 Å². The van der Waals surface area contributed by atoms with E-state index in [1.807, 2.05) is 48.0 Å². The van der Waals surface area contributed by atoms with Crippen molar-refractivity contribution in [3.63, 3.8) is 0 Å². The van der Waals surface area contributed by atoms with Gasteiger partial charge in [-0.25, -0.2) is 0 Å². The minimum Gasteiger partial charge on any atom is -0.347 e. The minimum atomic E-state index is -3.72. The lowest BCUT2D eigenvalue weighted by molar-refractivity contribution is -0.129. The second-order valence-electron chi connectivity index (χ2n) is 9.38. The molecule has 13 heteroatoms. The third-order valence-corrected chi connectivity index (χ3v) is 7.06. The molecule has 39 heavy (non-hydrogen) atoms. The van der Waals surface area contributed by atoms with Crippen LogP contribution in [0, 0.1) is 6.92 Å². The second-order valence-corrected chi connectivity index (χ2v) is 11.5. The topological polar surface area (TPSA) is 125 Å². The lowest BCUT2D eigenvalue weighted by atomic mass is 9.96. The number of rotatable bonds is 7. The highest BCUT2D eigenvalue weighted by atomic mass is 35.5. The number of hydrogen-bond acceptors (Lipinski definition) is 8. The number of aryl methyl sites for hydroxylation is 1. The Morgan fingerprint density at radius 1 is 1.08 bits per heavy atom. The molecule has 0 bridgehead atoms. The standard InChI is InChI=1S/C26H26ClN7O4S/c1-16-30-31-26-22(15-38-39(4,36)37)29-25(17-5-8-20(27)9-6-17)21-11-18(7-10-23(21)34(16)26)19-12-28-33(13-19)14-24(35)32(2)3/h5-13,22H,14-15H2,1-4H3/t22-/m0/s1. The van der Waals surface area contributed by atoms with Crippen molar-refractivity contribution in [2.24, 2.45) is 4.99 Å². The number of aromatic nitrogens is 5. The van der Waals surface area contributed by atoms with Crippen LogP contribution in [0.1, 0.15) is 28.8 Å². The van der Waals surface area contributed by atoms with E-state index < -0.39 is 16.2 Å². The number of carbonyl (C=O) groups excluding carboxylic acids is 1. The van der Waals surface area contributed by atoms with Gasteiger partial charge < -0.3 is 4.90 Å². The van der Waals surface area contributed by atoms with Gasteiger partial charge in [-0.1, -0.05) is 29.8 Å². The number of nitrogens with zero attached hydrogens (tertiary/aromatic N) is 7. The van der Waals surface area contributed by atoms with Crippen LogP contribution >= 0.6 is 11.6 Å². The molecule has 3 heterocycles. The number of hydrogen-bond donors (Lipinski definition) is 0.